The Morgan fingerprint density at radius 1 is 1.21 bits per heavy atom. The van der Waals surface area contributed by atoms with Crippen LogP contribution in [0.15, 0.2) is 30.4 Å². The van der Waals surface area contributed by atoms with Crippen LogP contribution in [-0.2, 0) is 14.3 Å². The largest absolute Gasteiger partial charge is 0.457 e. The highest BCUT2D eigenvalue weighted by molar-refractivity contribution is 7.19. The van der Waals surface area contributed by atoms with Crippen LogP contribution in [0.3, 0.4) is 0 Å². The number of ether oxygens (including phenoxy) is 1. The van der Waals surface area contributed by atoms with Crippen molar-refractivity contribution in [2.24, 2.45) is 0 Å². The van der Waals surface area contributed by atoms with Crippen LogP contribution in [0, 0.1) is 6.92 Å². The van der Waals surface area contributed by atoms with Gasteiger partial charge in [-0.1, -0.05) is 17.9 Å². The van der Waals surface area contributed by atoms with E-state index < -0.39 is 17.5 Å². The molecule has 0 bridgehead atoms. The minimum atomic E-state index is -0.558. The van der Waals surface area contributed by atoms with Gasteiger partial charge in [-0.05, 0) is 58.7 Å². The molecule has 0 spiro atoms. The molecule has 1 aromatic carbocycles. The lowest BCUT2D eigenvalue weighted by molar-refractivity contribution is -0.150. The topological polar surface area (TPSA) is 135 Å². The predicted octanol–water partition coefficient (Wildman–Crippen LogP) is 4.33. The van der Waals surface area contributed by atoms with E-state index in [1.54, 1.807) is 25.1 Å². The van der Waals surface area contributed by atoms with Gasteiger partial charge >= 0.3 is 5.97 Å². The highest BCUT2D eigenvalue weighted by Gasteiger charge is 2.18. The molecule has 0 radical (unpaired) electrons. The van der Waals surface area contributed by atoms with Gasteiger partial charge in [-0.15, -0.1) is 0 Å². The first-order valence-electron chi connectivity index (χ1n) is 10.5. The van der Waals surface area contributed by atoms with Crippen molar-refractivity contribution in [3.05, 3.63) is 41.6 Å². The van der Waals surface area contributed by atoms with E-state index in [0.717, 1.165) is 0 Å². The van der Waals surface area contributed by atoms with E-state index in [-0.39, 0.29) is 5.91 Å². The van der Waals surface area contributed by atoms with Crippen molar-refractivity contribution in [3.8, 4) is 0 Å². The molecule has 0 aliphatic rings. The van der Waals surface area contributed by atoms with Crippen molar-refractivity contribution in [3.63, 3.8) is 0 Å². The van der Waals surface area contributed by atoms with E-state index in [1.807, 2.05) is 20.8 Å². The number of esters is 1. The second-order valence-corrected chi connectivity index (χ2v) is 9.53. The van der Waals surface area contributed by atoms with Gasteiger partial charge in [0.05, 0.1) is 16.9 Å². The number of carbonyl (C=O) groups excluding carboxylic acids is 3. The summed E-state index contributed by atoms with van der Waals surface area (Å²) in [6, 6.07) is 5.04. The number of rotatable bonds is 9. The molecule has 1 heterocycles. The van der Waals surface area contributed by atoms with E-state index in [2.05, 4.69) is 27.5 Å². The summed E-state index contributed by atoms with van der Waals surface area (Å²) in [6.45, 7) is 12.9. The second-order valence-electron chi connectivity index (χ2n) is 8.50. The number of nitrogens with two attached hydrogens (primary N) is 1. The smallest absolute Gasteiger partial charge is 0.333 e. The third-order valence-corrected chi connectivity index (χ3v) is 5.20. The van der Waals surface area contributed by atoms with E-state index in [0.29, 0.717) is 57.7 Å². The quantitative estimate of drug-likeness (QED) is 0.242. The summed E-state index contributed by atoms with van der Waals surface area (Å²) < 4.78 is 5.31. The predicted molar refractivity (Wildman–Crippen MR) is 133 cm³/mol. The summed E-state index contributed by atoms with van der Waals surface area (Å²) in [5, 5.41) is 9.53. The van der Waals surface area contributed by atoms with Crippen LogP contribution in [-0.4, -0.2) is 34.9 Å². The van der Waals surface area contributed by atoms with E-state index in [1.165, 1.54) is 18.3 Å². The number of carbonyl (C=O) groups is 3. The number of nitrogen functional groups attached to an aromatic ring is 1. The van der Waals surface area contributed by atoms with Crippen molar-refractivity contribution >= 4 is 50.6 Å². The fourth-order valence-electron chi connectivity index (χ4n) is 2.76. The maximum atomic E-state index is 12.7. The molecule has 2 amide bonds. The molecule has 5 N–H and O–H groups in total. The Kier molecular flexibility index (Phi) is 8.58. The maximum Gasteiger partial charge on any atom is 0.333 e. The molecule has 10 heteroatoms. The maximum absolute atomic E-state index is 12.7. The van der Waals surface area contributed by atoms with Crippen molar-refractivity contribution in [1.82, 2.24) is 4.98 Å². The molecule has 0 saturated carbocycles. The lowest BCUT2D eigenvalue weighted by Crippen LogP contribution is -2.24. The summed E-state index contributed by atoms with van der Waals surface area (Å²) in [6.07, 6.45) is 1.14. The SMILES string of the molecule is C=C(CCCNc1ccc(C(=O)Nc2nc(C)c(N)s2)c(NC(C)=O)c1)C(=O)OC(C)(C)C. The molecule has 0 atom stereocenters. The van der Waals surface area contributed by atoms with Gasteiger partial charge in [0.25, 0.3) is 5.91 Å². The number of aromatic nitrogens is 1. The van der Waals surface area contributed by atoms with Crippen LogP contribution in [0.1, 0.15) is 56.6 Å². The summed E-state index contributed by atoms with van der Waals surface area (Å²) in [7, 11) is 0. The minimum absolute atomic E-state index is 0.292. The summed E-state index contributed by atoms with van der Waals surface area (Å²) >= 11 is 1.18. The zero-order valence-corrected chi connectivity index (χ0v) is 20.4. The number of amides is 2. The zero-order valence-electron chi connectivity index (χ0n) is 19.6. The average Bonchev–Trinajstić information content (AvgIpc) is 3.00. The van der Waals surface area contributed by atoms with E-state index in [9.17, 15) is 14.4 Å². The monoisotopic (exact) mass is 473 g/mol. The van der Waals surface area contributed by atoms with E-state index >= 15 is 0 Å². The van der Waals surface area contributed by atoms with Crippen LogP contribution >= 0.6 is 11.3 Å². The number of hydrogen-bond acceptors (Lipinski definition) is 8. The first-order chi connectivity index (χ1) is 15.4. The molecule has 0 aliphatic heterocycles. The highest BCUT2D eigenvalue weighted by atomic mass is 32.1. The number of benzene rings is 1. The van der Waals surface area contributed by atoms with Crippen LogP contribution in [0.2, 0.25) is 0 Å². The second kappa shape index (κ2) is 11.0. The van der Waals surface area contributed by atoms with Gasteiger partial charge in [0.2, 0.25) is 5.91 Å². The number of nitrogens with one attached hydrogen (secondary N) is 3. The Labute approximate surface area is 197 Å². The van der Waals surface area contributed by atoms with Gasteiger partial charge in [0, 0.05) is 24.7 Å². The summed E-state index contributed by atoms with van der Waals surface area (Å²) in [5.41, 5.74) is 7.67. The molecular weight excluding hydrogens is 442 g/mol. The van der Waals surface area contributed by atoms with Gasteiger partial charge in [-0.2, -0.15) is 0 Å². The summed E-state index contributed by atoms with van der Waals surface area (Å²) in [4.78, 5) is 40.6. The van der Waals surface area contributed by atoms with Gasteiger partial charge in [-0.25, -0.2) is 9.78 Å². The van der Waals surface area contributed by atoms with Gasteiger partial charge in [0.1, 0.15) is 10.6 Å². The molecule has 9 nitrogen and oxygen atoms in total. The van der Waals surface area contributed by atoms with Crippen molar-refractivity contribution in [2.75, 3.05) is 28.2 Å². The molecule has 0 saturated heterocycles. The molecule has 2 rings (SSSR count). The van der Waals surface area contributed by atoms with Crippen molar-refractivity contribution < 1.29 is 19.1 Å². The fourth-order valence-corrected chi connectivity index (χ4v) is 3.49. The Bertz CT molecular complexity index is 1040. The normalized spacial score (nSPS) is 10.9. The van der Waals surface area contributed by atoms with Crippen LogP contribution in [0.5, 0.6) is 0 Å². The zero-order chi connectivity index (χ0) is 24.8. The van der Waals surface area contributed by atoms with Gasteiger partial charge < -0.3 is 21.1 Å². The van der Waals surface area contributed by atoms with Crippen LogP contribution < -0.4 is 21.7 Å². The molecule has 0 fully saturated rings. The first-order valence-corrected chi connectivity index (χ1v) is 11.3. The lowest BCUT2D eigenvalue weighted by Gasteiger charge is -2.20. The number of aryl methyl sites for hydroxylation is 1. The Morgan fingerprint density at radius 2 is 1.91 bits per heavy atom. The molecular formula is C23H31N5O4S. The number of hydrogen-bond donors (Lipinski definition) is 4. The Hall–Kier alpha value is -3.40. The minimum Gasteiger partial charge on any atom is -0.457 e. The molecule has 1 aromatic heterocycles. The van der Waals surface area contributed by atoms with E-state index in [4.69, 9.17) is 10.5 Å². The van der Waals surface area contributed by atoms with Crippen LogP contribution in [0.25, 0.3) is 0 Å². The average molecular weight is 474 g/mol. The molecule has 0 aliphatic carbocycles. The molecule has 178 valence electrons. The van der Waals surface area contributed by atoms with Gasteiger partial charge in [0.15, 0.2) is 5.13 Å². The first kappa shape index (κ1) is 25.9. The summed E-state index contributed by atoms with van der Waals surface area (Å²) in [5.74, 6) is -1.11. The molecule has 2 aromatic rings. The Morgan fingerprint density at radius 3 is 2.48 bits per heavy atom. The standard InChI is InChI=1S/C23H31N5O4S/c1-13(21(31)32-23(4,5)6)8-7-11-25-16-9-10-17(18(12-16)27-15(3)29)20(30)28-22-26-14(2)19(24)33-22/h9-10,12,25H,1,7-8,11,24H2,2-6H3,(H,27,29)(H,26,28,30). The van der Waals surface area contributed by atoms with Crippen molar-refractivity contribution in [1.29, 1.82) is 0 Å². The number of nitrogens with zero attached hydrogens (tertiary/aromatic N) is 1. The molecule has 33 heavy (non-hydrogen) atoms. The molecule has 0 unspecified atom stereocenters. The Balaban J connectivity index is 2.00. The van der Waals surface area contributed by atoms with Crippen LogP contribution in [0.4, 0.5) is 21.5 Å². The van der Waals surface area contributed by atoms with Gasteiger partial charge in [-0.3, -0.25) is 14.9 Å². The fraction of sp³-hybridized carbons (Fsp3) is 0.391. The highest BCUT2D eigenvalue weighted by Crippen LogP contribution is 2.27. The van der Waals surface area contributed by atoms with Crippen molar-refractivity contribution in [2.45, 2.75) is 53.1 Å². The number of anilines is 4. The lowest BCUT2D eigenvalue weighted by atomic mass is 10.1. The third-order valence-electron chi connectivity index (χ3n) is 4.30. The number of thiazole rings is 1. The third kappa shape index (κ3) is 8.23.